The predicted octanol–water partition coefficient (Wildman–Crippen LogP) is 2.59. The molecule has 18 heavy (non-hydrogen) atoms. The van der Waals surface area contributed by atoms with Crippen LogP contribution in [0.2, 0.25) is 0 Å². The minimum atomic E-state index is -1.18. The highest BCUT2D eigenvalue weighted by molar-refractivity contribution is 6.01. The molecular weight excluding hydrogens is 228 g/mol. The standard InChI is InChI=1S/C14H22N2O2/c1-10(2)16-12(6-9-15-16)13(17)14(18)7-4-11(3)5-8-14/h6,9-11,18H,4-5,7-8H2,1-3H3. The molecule has 1 heterocycles. The van der Waals surface area contributed by atoms with Gasteiger partial charge in [0, 0.05) is 12.2 Å². The van der Waals surface area contributed by atoms with Crippen LogP contribution in [0.3, 0.4) is 0 Å². The molecule has 0 spiro atoms. The Morgan fingerprint density at radius 3 is 2.67 bits per heavy atom. The van der Waals surface area contributed by atoms with Gasteiger partial charge in [0.25, 0.3) is 0 Å². The van der Waals surface area contributed by atoms with E-state index in [1.54, 1.807) is 16.9 Å². The normalized spacial score (nSPS) is 28.6. The van der Waals surface area contributed by atoms with Gasteiger partial charge in [-0.3, -0.25) is 9.48 Å². The Hall–Kier alpha value is -1.16. The summed E-state index contributed by atoms with van der Waals surface area (Å²) in [4.78, 5) is 12.5. The molecule has 1 aliphatic rings. The van der Waals surface area contributed by atoms with Gasteiger partial charge in [0.1, 0.15) is 11.3 Å². The highest BCUT2D eigenvalue weighted by Crippen LogP contribution is 2.34. The number of aliphatic hydroxyl groups is 1. The van der Waals surface area contributed by atoms with Gasteiger partial charge in [-0.25, -0.2) is 0 Å². The summed E-state index contributed by atoms with van der Waals surface area (Å²) in [6.45, 7) is 6.13. The van der Waals surface area contributed by atoms with E-state index in [1.165, 1.54) is 0 Å². The molecule has 4 heteroatoms. The SMILES string of the molecule is CC1CCC(O)(C(=O)c2ccnn2C(C)C)CC1. The molecule has 0 aliphatic heterocycles. The second kappa shape index (κ2) is 4.84. The third kappa shape index (κ3) is 2.34. The molecule has 0 atom stereocenters. The van der Waals surface area contributed by atoms with Crippen molar-refractivity contribution in [2.45, 2.75) is 58.1 Å². The second-order valence-electron chi connectivity index (χ2n) is 5.80. The molecule has 1 aromatic rings. The van der Waals surface area contributed by atoms with Crippen LogP contribution in [0.25, 0.3) is 0 Å². The number of hydrogen-bond acceptors (Lipinski definition) is 3. The van der Waals surface area contributed by atoms with E-state index in [2.05, 4.69) is 12.0 Å². The number of Topliss-reactive ketones (excluding diaryl/α,β-unsaturated/α-hetero) is 1. The van der Waals surface area contributed by atoms with Crippen molar-refractivity contribution in [3.63, 3.8) is 0 Å². The van der Waals surface area contributed by atoms with Crippen LogP contribution in [0.1, 0.15) is 63.0 Å². The first-order valence-corrected chi connectivity index (χ1v) is 6.75. The summed E-state index contributed by atoms with van der Waals surface area (Å²) < 4.78 is 1.69. The van der Waals surface area contributed by atoms with Gasteiger partial charge in [-0.05, 0) is 51.5 Å². The number of ketones is 1. The molecule has 1 saturated carbocycles. The fraction of sp³-hybridized carbons (Fsp3) is 0.714. The average Bonchev–Trinajstić information content (AvgIpc) is 2.81. The first-order chi connectivity index (χ1) is 8.44. The zero-order valence-corrected chi connectivity index (χ0v) is 11.4. The number of nitrogens with zero attached hydrogens (tertiary/aromatic N) is 2. The van der Waals surface area contributed by atoms with Crippen molar-refractivity contribution in [2.24, 2.45) is 5.92 Å². The molecule has 0 bridgehead atoms. The summed E-state index contributed by atoms with van der Waals surface area (Å²) >= 11 is 0. The van der Waals surface area contributed by atoms with Gasteiger partial charge in [-0.15, -0.1) is 0 Å². The van der Waals surface area contributed by atoms with E-state index in [4.69, 9.17) is 0 Å². The Morgan fingerprint density at radius 2 is 2.11 bits per heavy atom. The van der Waals surface area contributed by atoms with Crippen molar-refractivity contribution in [1.82, 2.24) is 9.78 Å². The van der Waals surface area contributed by atoms with Crippen molar-refractivity contribution >= 4 is 5.78 Å². The molecule has 4 nitrogen and oxygen atoms in total. The smallest absolute Gasteiger partial charge is 0.212 e. The fourth-order valence-electron chi connectivity index (χ4n) is 2.61. The number of rotatable bonds is 3. The largest absolute Gasteiger partial charge is 0.382 e. The van der Waals surface area contributed by atoms with Gasteiger partial charge in [-0.1, -0.05) is 6.92 Å². The molecule has 100 valence electrons. The third-order valence-corrected chi connectivity index (χ3v) is 3.92. The summed E-state index contributed by atoms with van der Waals surface area (Å²) in [5, 5.41) is 14.7. The van der Waals surface area contributed by atoms with E-state index in [-0.39, 0.29) is 11.8 Å². The van der Waals surface area contributed by atoms with E-state index < -0.39 is 5.60 Å². The van der Waals surface area contributed by atoms with Gasteiger partial charge < -0.3 is 5.11 Å². The molecule has 0 aromatic carbocycles. The Bertz CT molecular complexity index is 429. The summed E-state index contributed by atoms with van der Waals surface area (Å²) in [5.74, 6) is 0.439. The molecule has 0 amide bonds. The zero-order valence-electron chi connectivity index (χ0n) is 11.4. The van der Waals surface area contributed by atoms with Crippen LogP contribution in [-0.2, 0) is 0 Å². The van der Waals surface area contributed by atoms with Gasteiger partial charge in [0.2, 0.25) is 5.78 Å². The molecule has 1 fully saturated rings. The molecular formula is C14H22N2O2. The van der Waals surface area contributed by atoms with Crippen LogP contribution in [0.5, 0.6) is 0 Å². The highest BCUT2D eigenvalue weighted by Gasteiger charge is 2.40. The lowest BCUT2D eigenvalue weighted by Crippen LogP contribution is -2.43. The van der Waals surface area contributed by atoms with Gasteiger partial charge in [0.05, 0.1) is 0 Å². The van der Waals surface area contributed by atoms with E-state index in [1.807, 2.05) is 13.8 Å². The Morgan fingerprint density at radius 1 is 1.50 bits per heavy atom. The lowest BCUT2D eigenvalue weighted by Gasteiger charge is -2.33. The van der Waals surface area contributed by atoms with Crippen molar-refractivity contribution in [2.75, 3.05) is 0 Å². The molecule has 0 saturated heterocycles. The lowest BCUT2D eigenvalue weighted by atomic mass is 9.76. The van der Waals surface area contributed by atoms with Crippen molar-refractivity contribution < 1.29 is 9.90 Å². The number of carbonyl (C=O) groups excluding carboxylic acids is 1. The minimum absolute atomic E-state index is 0.130. The van der Waals surface area contributed by atoms with E-state index in [0.29, 0.717) is 24.5 Å². The monoisotopic (exact) mass is 250 g/mol. The Balaban J connectivity index is 2.23. The number of aromatic nitrogens is 2. The van der Waals surface area contributed by atoms with Crippen LogP contribution in [-0.4, -0.2) is 26.3 Å². The van der Waals surface area contributed by atoms with Crippen molar-refractivity contribution in [3.8, 4) is 0 Å². The van der Waals surface area contributed by atoms with E-state index >= 15 is 0 Å². The first kappa shape index (κ1) is 13.3. The molecule has 2 rings (SSSR count). The van der Waals surface area contributed by atoms with E-state index in [9.17, 15) is 9.90 Å². The number of carbonyl (C=O) groups is 1. The summed E-state index contributed by atoms with van der Waals surface area (Å²) in [6.07, 6.45) is 4.59. The lowest BCUT2D eigenvalue weighted by molar-refractivity contribution is 0.00326. The summed E-state index contributed by atoms with van der Waals surface area (Å²) in [7, 11) is 0. The third-order valence-electron chi connectivity index (χ3n) is 3.92. The predicted molar refractivity (Wildman–Crippen MR) is 69.5 cm³/mol. The summed E-state index contributed by atoms with van der Waals surface area (Å²) in [6, 6.07) is 1.84. The van der Waals surface area contributed by atoms with Crippen molar-refractivity contribution in [1.29, 1.82) is 0 Å². The van der Waals surface area contributed by atoms with Crippen molar-refractivity contribution in [3.05, 3.63) is 18.0 Å². The molecule has 0 radical (unpaired) electrons. The zero-order chi connectivity index (χ0) is 13.3. The van der Waals surface area contributed by atoms with Crippen LogP contribution >= 0.6 is 0 Å². The maximum Gasteiger partial charge on any atom is 0.212 e. The quantitative estimate of drug-likeness (QED) is 0.839. The minimum Gasteiger partial charge on any atom is -0.382 e. The fourth-order valence-corrected chi connectivity index (χ4v) is 2.61. The van der Waals surface area contributed by atoms with Crippen LogP contribution in [0.15, 0.2) is 12.3 Å². The average molecular weight is 250 g/mol. The van der Waals surface area contributed by atoms with Gasteiger partial charge >= 0.3 is 0 Å². The highest BCUT2D eigenvalue weighted by atomic mass is 16.3. The van der Waals surface area contributed by atoms with E-state index in [0.717, 1.165) is 12.8 Å². The maximum atomic E-state index is 12.5. The molecule has 1 N–H and O–H groups in total. The molecule has 1 aromatic heterocycles. The first-order valence-electron chi connectivity index (χ1n) is 6.75. The number of hydrogen-bond donors (Lipinski definition) is 1. The Labute approximate surface area is 108 Å². The summed E-state index contributed by atoms with van der Waals surface area (Å²) in [5.41, 5.74) is -0.652. The molecule has 0 unspecified atom stereocenters. The van der Waals surface area contributed by atoms with Crippen LogP contribution in [0, 0.1) is 5.92 Å². The van der Waals surface area contributed by atoms with Crippen LogP contribution < -0.4 is 0 Å². The topological polar surface area (TPSA) is 55.1 Å². The van der Waals surface area contributed by atoms with Gasteiger partial charge in [-0.2, -0.15) is 5.10 Å². The maximum absolute atomic E-state index is 12.5. The van der Waals surface area contributed by atoms with Crippen LogP contribution in [0.4, 0.5) is 0 Å². The molecule has 1 aliphatic carbocycles. The Kier molecular flexibility index (Phi) is 3.57. The van der Waals surface area contributed by atoms with Gasteiger partial charge in [0.15, 0.2) is 0 Å². The second-order valence-corrected chi connectivity index (χ2v) is 5.80.